The average Bonchev–Trinajstić information content (AvgIpc) is 3.87. The van der Waals surface area contributed by atoms with Crippen molar-refractivity contribution in [2.75, 3.05) is 0 Å². The number of hydrogen-bond acceptors (Lipinski definition) is 3. The van der Waals surface area contributed by atoms with Crippen molar-refractivity contribution in [2.45, 2.75) is 30.8 Å². The Balaban J connectivity index is 0.903. The van der Waals surface area contributed by atoms with Crippen LogP contribution >= 0.6 is 0 Å². The third-order valence-electron chi connectivity index (χ3n) is 14.4. The molecule has 0 saturated heterocycles. The number of amidine groups is 2. The van der Waals surface area contributed by atoms with Crippen LogP contribution < -0.4 is 5.32 Å². The second-order valence-corrected chi connectivity index (χ2v) is 18.1. The Morgan fingerprint density at radius 1 is 0.400 bits per heavy atom. The third-order valence-corrected chi connectivity index (χ3v) is 14.4. The molecule has 0 saturated carbocycles. The molecule has 308 valence electrons. The molecule has 13 rings (SSSR count). The van der Waals surface area contributed by atoms with Crippen LogP contribution in [0.5, 0.6) is 0 Å². The van der Waals surface area contributed by atoms with Crippen LogP contribution in [0.1, 0.15) is 70.1 Å². The lowest BCUT2D eigenvalue weighted by Crippen LogP contribution is -2.40. The molecule has 3 aliphatic rings. The monoisotopic (exact) mass is 832 g/mol. The molecule has 2 heterocycles. The van der Waals surface area contributed by atoms with Crippen molar-refractivity contribution in [1.82, 2.24) is 9.88 Å². The van der Waals surface area contributed by atoms with Gasteiger partial charge in [0.2, 0.25) is 0 Å². The number of nitrogens with one attached hydrogen (secondary N) is 1. The van der Waals surface area contributed by atoms with Crippen molar-refractivity contribution < 1.29 is 0 Å². The highest BCUT2D eigenvalue weighted by molar-refractivity contribution is 6.16. The Labute approximate surface area is 378 Å². The second-order valence-electron chi connectivity index (χ2n) is 18.1. The predicted octanol–water partition coefficient (Wildman–Crippen LogP) is 13.9. The Morgan fingerprint density at radius 3 is 1.51 bits per heavy atom. The van der Waals surface area contributed by atoms with E-state index in [1.807, 2.05) is 6.07 Å². The van der Waals surface area contributed by atoms with E-state index in [9.17, 15) is 0 Å². The van der Waals surface area contributed by atoms with Crippen LogP contribution in [0.4, 0.5) is 0 Å². The maximum atomic E-state index is 5.30. The minimum Gasteiger partial charge on any atom is -0.324 e. The van der Waals surface area contributed by atoms with E-state index in [0.717, 1.165) is 34.0 Å². The van der Waals surface area contributed by atoms with Crippen LogP contribution in [0.3, 0.4) is 0 Å². The summed E-state index contributed by atoms with van der Waals surface area (Å²) in [6.07, 6.45) is -0.426. The Morgan fingerprint density at radius 2 is 0.877 bits per heavy atom. The zero-order chi connectivity index (χ0) is 43.3. The van der Waals surface area contributed by atoms with Crippen molar-refractivity contribution in [3.8, 4) is 27.9 Å². The van der Waals surface area contributed by atoms with Crippen LogP contribution in [0.25, 0.3) is 49.7 Å². The van der Waals surface area contributed by atoms with Crippen molar-refractivity contribution >= 4 is 33.5 Å². The first-order chi connectivity index (χ1) is 32.0. The van der Waals surface area contributed by atoms with Crippen LogP contribution in [-0.2, 0) is 10.8 Å². The molecule has 1 spiro atoms. The van der Waals surface area contributed by atoms with E-state index in [2.05, 4.69) is 236 Å². The number of rotatable bonds is 5. The highest BCUT2D eigenvalue weighted by Gasteiger charge is 2.53. The first-order valence-electron chi connectivity index (χ1n) is 22.6. The number of para-hydroxylation sites is 2. The van der Waals surface area contributed by atoms with Crippen LogP contribution in [-0.4, -0.2) is 16.2 Å². The number of hydrogen-bond donors (Lipinski definition) is 1. The molecule has 1 unspecified atom stereocenters. The molecule has 4 heteroatoms. The zero-order valence-corrected chi connectivity index (χ0v) is 36.2. The van der Waals surface area contributed by atoms with Crippen molar-refractivity contribution in [3.05, 3.63) is 268 Å². The SMILES string of the molecule is CC1(C)c2ccccc2C2(c3ccccc3-c3c(-c4ccc(C5=NC(c6ccc(-n7c8ccccc8c8ccccc87)cc6)N=C(c6ccccc6)N5)cc4)cccc32)c2ccccc21. The summed E-state index contributed by atoms with van der Waals surface area (Å²) < 4.78 is 2.35. The second kappa shape index (κ2) is 14.2. The zero-order valence-electron chi connectivity index (χ0n) is 36.2. The highest BCUT2D eigenvalue weighted by Crippen LogP contribution is 2.63. The van der Waals surface area contributed by atoms with Gasteiger partial charge in [-0.15, -0.1) is 0 Å². The molecule has 0 amide bonds. The molecule has 1 aromatic heterocycles. The summed E-state index contributed by atoms with van der Waals surface area (Å²) in [4.78, 5) is 10.5. The summed E-state index contributed by atoms with van der Waals surface area (Å²) in [6.45, 7) is 4.76. The molecule has 4 nitrogen and oxygen atoms in total. The smallest absolute Gasteiger partial charge is 0.169 e. The van der Waals surface area contributed by atoms with Gasteiger partial charge in [0, 0.05) is 33.0 Å². The van der Waals surface area contributed by atoms with E-state index in [-0.39, 0.29) is 5.41 Å². The lowest BCUT2D eigenvalue weighted by molar-refractivity contribution is 0.563. The maximum absolute atomic E-state index is 5.30. The van der Waals surface area contributed by atoms with Gasteiger partial charge in [-0.25, -0.2) is 9.98 Å². The van der Waals surface area contributed by atoms with Crippen molar-refractivity contribution in [1.29, 1.82) is 0 Å². The number of benzene rings is 9. The van der Waals surface area contributed by atoms with E-state index in [1.165, 1.54) is 77.4 Å². The molecule has 1 N–H and O–H groups in total. The van der Waals surface area contributed by atoms with Gasteiger partial charge in [-0.2, -0.15) is 0 Å². The van der Waals surface area contributed by atoms with E-state index in [0.29, 0.717) is 0 Å². The molecule has 2 aliphatic carbocycles. The summed E-state index contributed by atoms with van der Waals surface area (Å²) in [5.41, 5.74) is 19.1. The predicted molar refractivity (Wildman–Crippen MR) is 267 cm³/mol. The molecule has 9 aromatic carbocycles. The van der Waals surface area contributed by atoms with E-state index in [1.54, 1.807) is 0 Å². The van der Waals surface area contributed by atoms with Gasteiger partial charge in [0.25, 0.3) is 0 Å². The minimum absolute atomic E-state index is 0.138. The molecule has 0 radical (unpaired) electrons. The fourth-order valence-corrected chi connectivity index (χ4v) is 11.4. The summed E-state index contributed by atoms with van der Waals surface area (Å²) >= 11 is 0. The van der Waals surface area contributed by atoms with Gasteiger partial charge in [0.05, 0.1) is 16.4 Å². The Bertz CT molecular complexity index is 3490. The summed E-state index contributed by atoms with van der Waals surface area (Å²) in [6, 6.07) is 79.6. The molecule has 0 fully saturated rings. The Kier molecular flexibility index (Phi) is 8.20. The molecule has 1 aliphatic heterocycles. The molecule has 0 bridgehead atoms. The topological polar surface area (TPSA) is 41.7 Å². The highest BCUT2D eigenvalue weighted by atomic mass is 15.2. The van der Waals surface area contributed by atoms with Crippen LogP contribution in [0, 0.1) is 0 Å². The largest absolute Gasteiger partial charge is 0.324 e. The number of aliphatic imine (C=N–C) groups is 2. The Hall–Kier alpha value is -8.08. The lowest BCUT2D eigenvalue weighted by atomic mass is 9.55. The quantitative estimate of drug-likeness (QED) is 0.184. The summed E-state index contributed by atoms with van der Waals surface area (Å²) in [5, 5.41) is 6.13. The van der Waals surface area contributed by atoms with E-state index in [4.69, 9.17) is 9.98 Å². The first-order valence-corrected chi connectivity index (χ1v) is 22.6. The lowest BCUT2D eigenvalue weighted by Gasteiger charge is -2.46. The molecule has 65 heavy (non-hydrogen) atoms. The van der Waals surface area contributed by atoms with Gasteiger partial charge in [-0.3, -0.25) is 0 Å². The maximum Gasteiger partial charge on any atom is 0.169 e. The van der Waals surface area contributed by atoms with Gasteiger partial charge >= 0.3 is 0 Å². The molecular weight excluding hydrogens is 789 g/mol. The normalized spacial score (nSPS) is 16.2. The number of fused-ring (bicyclic) bond motifs is 12. The molecular formula is C61H44N4. The number of nitrogens with zero attached hydrogens (tertiary/aromatic N) is 3. The standard InChI is InChI=1S/C61H44N4/c1-60(2)49-24-10-12-26-51(49)61(52-27-13-11-25-50(52)60)48-23-9-6-21-47(48)56-44(22-16-28-53(56)61)39-31-33-41(34-32-39)58-62-57(40-17-4-3-5-18-40)63-59(64-58)42-35-37-43(38-36-42)65-54-29-14-7-19-45(54)46-20-8-15-30-55(46)65/h3-38,59H,1-2H3,(H,62,63,64). The summed E-state index contributed by atoms with van der Waals surface area (Å²) in [5.74, 6) is 1.60. The van der Waals surface area contributed by atoms with Crippen LogP contribution in [0.2, 0.25) is 0 Å². The van der Waals surface area contributed by atoms with Crippen molar-refractivity contribution in [3.63, 3.8) is 0 Å². The molecule has 1 atom stereocenters. The van der Waals surface area contributed by atoms with Gasteiger partial charge in [0.15, 0.2) is 6.17 Å². The van der Waals surface area contributed by atoms with Gasteiger partial charge < -0.3 is 9.88 Å². The number of aromatic nitrogens is 1. The van der Waals surface area contributed by atoms with Gasteiger partial charge in [-0.1, -0.05) is 208 Å². The third kappa shape index (κ3) is 5.44. The van der Waals surface area contributed by atoms with E-state index >= 15 is 0 Å². The van der Waals surface area contributed by atoms with Gasteiger partial charge in [-0.05, 0) is 85.5 Å². The minimum atomic E-state index is -0.435. The summed E-state index contributed by atoms with van der Waals surface area (Å²) in [7, 11) is 0. The van der Waals surface area contributed by atoms with Crippen LogP contribution in [0.15, 0.2) is 228 Å². The first kappa shape index (κ1) is 37.5. The van der Waals surface area contributed by atoms with E-state index < -0.39 is 11.6 Å². The average molecular weight is 833 g/mol. The molecule has 10 aromatic rings. The fraction of sp³-hybridized carbons (Fsp3) is 0.0820. The van der Waals surface area contributed by atoms with Crippen molar-refractivity contribution in [2.24, 2.45) is 9.98 Å². The van der Waals surface area contributed by atoms with Gasteiger partial charge in [0.1, 0.15) is 11.7 Å². The fourth-order valence-electron chi connectivity index (χ4n) is 11.4.